The van der Waals surface area contributed by atoms with Gasteiger partial charge in [-0.15, -0.1) is 0 Å². The molecule has 0 N–H and O–H groups in total. The third kappa shape index (κ3) is 9.55. The molecule has 0 saturated heterocycles. The van der Waals surface area contributed by atoms with Crippen molar-refractivity contribution in [3.63, 3.8) is 0 Å². The zero-order valence-electron chi connectivity index (χ0n) is 19.9. The van der Waals surface area contributed by atoms with Crippen molar-refractivity contribution in [2.24, 2.45) is 0 Å². The number of hydrogen-bond donors (Lipinski definition) is 0. The van der Waals surface area contributed by atoms with Gasteiger partial charge in [-0.05, 0) is 53.6 Å². The molecule has 31 heavy (non-hydrogen) atoms. The van der Waals surface area contributed by atoms with E-state index in [0.717, 1.165) is 42.0 Å². The molecule has 0 heterocycles. The van der Waals surface area contributed by atoms with Crippen molar-refractivity contribution in [2.45, 2.75) is 109 Å². The number of fused-ring (bicyclic) bond motifs is 1. The predicted molar refractivity (Wildman–Crippen MR) is 126 cm³/mol. The largest absolute Gasteiger partial charge is 1.00 e. The van der Waals surface area contributed by atoms with E-state index in [0.29, 0.717) is 6.42 Å². The number of aryl methyl sites for hydroxylation is 2. The van der Waals surface area contributed by atoms with Crippen LogP contribution in [0.15, 0.2) is 35.2 Å². The van der Waals surface area contributed by atoms with Crippen LogP contribution in [0.1, 0.15) is 102 Å². The summed E-state index contributed by atoms with van der Waals surface area (Å²) >= 11 is 0. The van der Waals surface area contributed by atoms with E-state index in [1.54, 1.807) is 6.07 Å². The van der Waals surface area contributed by atoms with Crippen LogP contribution < -0.4 is 29.6 Å². The monoisotopic (exact) mass is 454 g/mol. The molecule has 0 radical (unpaired) electrons. The number of benzene rings is 2. The molecule has 0 aromatic heterocycles. The Morgan fingerprint density at radius 3 is 1.81 bits per heavy atom. The molecular weight excluding hydrogens is 415 g/mol. The van der Waals surface area contributed by atoms with Gasteiger partial charge in [0, 0.05) is 0 Å². The maximum Gasteiger partial charge on any atom is 1.00 e. The Morgan fingerprint density at radius 1 is 0.677 bits per heavy atom. The summed E-state index contributed by atoms with van der Waals surface area (Å²) in [6.45, 7) is 4.43. The molecule has 0 spiro atoms. The molecule has 0 aliphatic rings. The van der Waals surface area contributed by atoms with Gasteiger partial charge in [-0.25, -0.2) is 8.42 Å². The zero-order valence-corrected chi connectivity index (χ0v) is 22.7. The van der Waals surface area contributed by atoms with Gasteiger partial charge >= 0.3 is 29.6 Å². The first-order valence-corrected chi connectivity index (χ1v) is 13.4. The van der Waals surface area contributed by atoms with Crippen LogP contribution >= 0.6 is 0 Å². The van der Waals surface area contributed by atoms with Gasteiger partial charge in [0.25, 0.3) is 0 Å². The Hall–Kier alpha value is -0.390. The predicted octanol–water partition coefficient (Wildman–Crippen LogP) is 4.55. The fourth-order valence-corrected chi connectivity index (χ4v) is 5.10. The Kier molecular flexibility index (Phi) is 14.3. The number of hydrogen-bond acceptors (Lipinski definition) is 3. The summed E-state index contributed by atoms with van der Waals surface area (Å²) in [5.41, 5.74) is 1.99. The van der Waals surface area contributed by atoms with Crippen molar-refractivity contribution in [2.75, 3.05) is 0 Å². The summed E-state index contributed by atoms with van der Waals surface area (Å²) in [7, 11) is -4.47. The first-order valence-electron chi connectivity index (χ1n) is 12.0. The fourth-order valence-electron chi connectivity index (χ4n) is 4.35. The molecule has 0 aliphatic heterocycles. The summed E-state index contributed by atoms with van der Waals surface area (Å²) in [6.07, 6.45) is 16.0. The second-order valence-corrected chi connectivity index (χ2v) is 9.89. The summed E-state index contributed by atoms with van der Waals surface area (Å²) in [6, 6.07) is 9.54. The van der Waals surface area contributed by atoms with E-state index in [9.17, 15) is 13.0 Å². The third-order valence-corrected chi connectivity index (χ3v) is 6.99. The molecule has 2 rings (SSSR count). The van der Waals surface area contributed by atoms with Gasteiger partial charge in [-0.2, -0.15) is 0 Å². The van der Waals surface area contributed by atoms with Gasteiger partial charge in [0.05, 0.1) is 4.90 Å². The molecule has 0 amide bonds. The normalized spacial score (nSPS) is 11.6. The Balaban J connectivity index is 0.00000480. The van der Waals surface area contributed by atoms with Crippen molar-refractivity contribution < 1.29 is 42.5 Å². The molecule has 0 saturated carbocycles. The molecule has 0 aliphatic carbocycles. The molecule has 0 fully saturated rings. The fraction of sp³-hybridized carbons (Fsp3) is 0.615. The Morgan fingerprint density at radius 2 is 1.23 bits per heavy atom. The number of rotatable bonds is 15. The van der Waals surface area contributed by atoms with Crippen LogP contribution in [0, 0.1) is 0 Å². The van der Waals surface area contributed by atoms with Crippen molar-refractivity contribution in [3.8, 4) is 0 Å². The van der Waals surface area contributed by atoms with E-state index < -0.39 is 10.1 Å². The van der Waals surface area contributed by atoms with Crippen LogP contribution in [0.2, 0.25) is 0 Å². The molecule has 0 bridgehead atoms. The minimum Gasteiger partial charge on any atom is -0.744 e. The van der Waals surface area contributed by atoms with Crippen molar-refractivity contribution in [3.05, 3.63) is 41.5 Å². The van der Waals surface area contributed by atoms with Crippen LogP contribution in [0.4, 0.5) is 0 Å². The second kappa shape index (κ2) is 15.4. The number of unbranched alkanes of at least 4 members (excludes halogenated alkanes) is 10. The topological polar surface area (TPSA) is 57.2 Å². The Labute approximate surface area is 212 Å². The van der Waals surface area contributed by atoms with Gasteiger partial charge in [0.15, 0.2) is 0 Å². The molecule has 0 atom stereocenters. The van der Waals surface area contributed by atoms with E-state index in [4.69, 9.17) is 0 Å². The van der Waals surface area contributed by atoms with Gasteiger partial charge in [-0.3, -0.25) is 0 Å². The van der Waals surface area contributed by atoms with Crippen LogP contribution in [0.5, 0.6) is 0 Å². The van der Waals surface area contributed by atoms with Crippen LogP contribution in [0.25, 0.3) is 10.8 Å². The quantitative estimate of drug-likeness (QED) is 0.225. The summed E-state index contributed by atoms with van der Waals surface area (Å²) < 4.78 is 35.7. The zero-order chi connectivity index (χ0) is 21.8. The molecule has 3 nitrogen and oxygen atoms in total. The van der Waals surface area contributed by atoms with E-state index in [1.807, 2.05) is 18.2 Å². The van der Waals surface area contributed by atoms with Crippen molar-refractivity contribution in [1.82, 2.24) is 0 Å². The molecule has 5 heteroatoms. The molecule has 168 valence electrons. The average molecular weight is 455 g/mol. The first kappa shape index (κ1) is 28.6. The van der Waals surface area contributed by atoms with Gasteiger partial charge in [0.2, 0.25) is 0 Å². The van der Waals surface area contributed by atoms with Gasteiger partial charge in [-0.1, -0.05) is 102 Å². The van der Waals surface area contributed by atoms with Gasteiger partial charge in [0.1, 0.15) is 10.1 Å². The van der Waals surface area contributed by atoms with E-state index in [-0.39, 0.29) is 34.5 Å². The maximum absolute atomic E-state index is 11.9. The third-order valence-electron chi connectivity index (χ3n) is 6.07. The molecule has 2 aromatic carbocycles. The Bertz CT molecular complexity index is 878. The second-order valence-electron chi connectivity index (χ2n) is 8.54. The molecular formula is C26H39NaO3S. The van der Waals surface area contributed by atoms with Crippen LogP contribution in [-0.2, 0) is 23.0 Å². The molecule has 2 aromatic rings. The van der Waals surface area contributed by atoms with Crippen molar-refractivity contribution in [1.29, 1.82) is 0 Å². The summed E-state index contributed by atoms with van der Waals surface area (Å²) in [4.78, 5) is -0.0275. The van der Waals surface area contributed by atoms with E-state index >= 15 is 0 Å². The van der Waals surface area contributed by atoms with Crippen molar-refractivity contribution >= 4 is 20.9 Å². The minimum atomic E-state index is -4.47. The average Bonchev–Trinajstić information content (AvgIpc) is 2.72. The van der Waals surface area contributed by atoms with Gasteiger partial charge < -0.3 is 4.55 Å². The smallest absolute Gasteiger partial charge is 0.744 e. The summed E-state index contributed by atoms with van der Waals surface area (Å²) in [5.74, 6) is 0. The van der Waals surface area contributed by atoms with E-state index in [2.05, 4.69) is 19.9 Å². The summed E-state index contributed by atoms with van der Waals surface area (Å²) in [5, 5.41) is 2.06. The standard InChI is InChI=1S/C26H40O3S.Na/c1-3-5-7-9-11-13-16-22-17-15-19-24-23(22)20-21-26(30(27,28)29)25(24)18-14-12-10-8-6-4-2;/h15,17,19-21H,3-14,16,18H2,1-2H3,(H,27,28,29);/q;+1/p-1. The van der Waals surface area contributed by atoms with Crippen LogP contribution in [0.3, 0.4) is 0 Å². The molecule has 0 unspecified atom stereocenters. The van der Waals surface area contributed by atoms with Crippen LogP contribution in [-0.4, -0.2) is 13.0 Å². The minimum absolute atomic E-state index is 0. The first-order chi connectivity index (χ1) is 14.5. The van der Waals surface area contributed by atoms with E-state index in [1.165, 1.54) is 63.4 Å². The SMILES string of the molecule is CCCCCCCCc1cccc2c(CCCCCCCC)c(S(=O)(=O)[O-])ccc12.[Na+]. The maximum atomic E-state index is 11.9.